The lowest BCUT2D eigenvalue weighted by Gasteiger charge is -2.22. The van der Waals surface area contributed by atoms with Crippen molar-refractivity contribution in [1.82, 2.24) is 5.32 Å². The van der Waals surface area contributed by atoms with Crippen molar-refractivity contribution < 1.29 is 9.53 Å². The minimum Gasteiger partial charge on any atom is -0.483 e. The summed E-state index contributed by atoms with van der Waals surface area (Å²) in [6.07, 6.45) is 0. The maximum atomic E-state index is 10.9. The Bertz CT molecular complexity index is 651. The number of primary amides is 1. The number of halogens is 1. The molecule has 0 unspecified atom stereocenters. The van der Waals surface area contributed by atoms with Gasteiger partial charge in [-0.2, -0.15) is 0 Å². The highest BCUT2D eigenvalue weighted by atomic mass is 35.5. The van der Waals surface area contributed by atoms with E-state index in [1.54, 1.807) is 0 Å². The van der Waals surface area contributed by atoms with E-state index in [4.69, 9.17) is 10.5 Å². The number of rotatable bonds is 5. The Hall–Kier alpha value is -1.78. The van der Waals surface area contributed by atoms with Crippen molar-refractivity contribution in [3.8, 4) is 5.75 Å². The molecule has 0 aromatic heterocycles. The molecule has 120 valence electrons. The largest absolute Gasteiger partial charge is 0.483 e. The number of ether oxygens (including phenoxy) is 1. The number of nitrogens with two attached hydrogens (primary N) is 1. The van der Waals surface area contributed by atoms with Gasteiger partial charge in [0.05, 0.1) is 0 Å². The Morgan fingerprint density at radius 2 is 1.86 bits per heavy atom. The van der Waals surface area contributed by atoms with Crippen molar-refractivity contribution in [3.63, 3.8) is 0 Å². The van der Waals surface area contributed by atoms with Crippen molar-refractivity contribution in [3.05, 3.63) is 42.0 Å². The molecule has 0 aliphatic carbocycles. The summed E-state index contributed by atoms with van der Waals surface area (Å²) >= 11 is 0. The molecular weight excluding hydrogens is 300 g/mol. The summed E-state index contributed by atoms with van der Waals surface area (Å²) in [7, 11) is 0. The number of carbonyl (C=O) groups is 1. The van der Waals surface area contributed by atoms with Gasteiger partial charge in [-0.15, -0.1) is 12.4 Å². The van der Waals surface area contributed by atoms with Crippen LogP contribution in [0.25, 0.3) is 10.8 Å². The van der Waals surface area contributed by atoms with E-state index in [9.17, 15) is 4.79 Å². The van der Waals surface area contributed by atoms with Gasteiger partial charge >= 0.3 is 0 Å². The Balaban J connectivity index is 0.00000242. The van der Waals surface area contributed by atoms with Crippen molar-refractivity contribution in [1.29, 1.82) is 0 Å². The molecule has 0 atom stereocenters. The zero-order valence-corrected chi connectivity index (χ0v) is 14.0. The Morgan fingerprint density at radius 3 is 2.50 bits per heavy atom. The number of benzene rings is 2. The van der Waals surface area contributed by atoms with Crippen molar-refractivity contribution in [2.75, 3.05) is 6.61 Å². The highest BCUT2D eigenvalue weighted by Crippen LogP contribution is 2.28. The lowest BCUT2D eigenvalue weighted by Crippen LogP contribution is -2.35. The first-order valence-electron chi connectivity index (χ1n) is 7.03. The average Bonchev–Trinajstić information content (AvgIpc) is 2.42. The van der Waals surface area contributed by atoms with Crippen LogP contribution in [0.15, 0.2) is 36.4 Å². The number of hydrogen-bond donors (Lipinski definition) is 2. The summed E-state index contributed by atoms with van der Waals surface area (Å²) in [5.74, 6) is 0.224. The number of hydrogen-bond acceptors (Lipinski definition) is 3. The first-order valence-corrected chi connectivity index (χ1v) is 7.03. The van der Waals surface area contributed by atoms with Gasteiger partial charge in [0.25, 0.3) is 5.91 Å². The average molecular weight is 323 g/mol. The van der Waals surface area contributed by atoms with Crippen molar-refractivity contribution in [2.45, 2.75) is 32.9 Å². The molecule has 4 nitrogen and oxygen atoms in total. The van der Waals surface area contributed by atoms with Crippen LogP contribution in [0, 0.1) is 0 Å². The third-order valence-corrected chi connectivity index (χ3v) is 3.16. The molecule has 0 spiro atoms. The maximum absolute atomic E-state index is 10.9. The monoisotopic (exact) mass is 322 g/mol. The Kier molecular flexibility index (Phi) is 6.21. The number of amides is 1. The minimum atomic E-state index is -0.474. The Labute approximate surface area is 137 Å². The second kappa shape index (κ2) is 7.47. The van der Waals surface area contributed by atoms with Gasteiger partial charge in [-0.1, -0.05) is 30.3 Å². The molecule has 0 heterocycles. The summed E-state index contributed by atoms with van der Waals surface area (Å²) in [5, 5.41) is 5.73. The molecule has 3 N–H and O–H groups in total. The van der Waals surface area contributed by atoms with Gasteiger partial charge in [0, 0.05) is 17.6 Å². The fraction of sp³-hybridized carbons (Fsp3) is 0.353. The van der Waals surface area contributed by atoms with Crippen LogP contribution in [0.2, 0.25) is 0 Å². The predicted octanol–water partition coefficient (Wildman–Crippen LogP) is 3.01. The zero-order valence-electron chi connectivity index (χ0n) is 13.2. The molecule has 0 fully saturated rings. The highest BCUT2D eigenvalue weighted by molar-refractivity contribution is 5.88. The molecule has 0 bridgehead atoms. The molecule has 1 amide bonds. The van der Waals surface area contributed by atoms with Crippen LogP contribution >= 0.6 is 12.4 Å². The molecule has 0 saturated carbocycles. The number of nitrogens with one attached hydrogen (secondary N) is 1. The summed E-state index contributed by atoms with van der Waals surface area (Å²) in [4.78, 5) is 10.9. The van der Waals surface area contributed by atoms with Crippen LogP contribution in [0.3, 0.4) is 0 Å². The number of carbonyl (C=O) groups excluding carboxylic acids is 1. The van der Waals surface area contributed by atoms with E-state index in [0.717, 1.165) is 16.3 Å². The maximum Gasteiger partial charge on any atom is 0.255 e. The summed E-state index contributed by atoms with van der Waals surface area (Å²) in [6, 6.07) is 12.0. The van der Waals surface area contributed by atoms with Crippen LogP contribution in [-0.4, -0.2) is 18.1 Å². The molecule has 22 heavy (non-hydrogen) atoms. The standard InChI is InChI=1S/C17H22N2O2.ClH/c1-17(2,3)19-10-14-13-7-5-4-6-12(13)8-9-15(14)21-11-16(18)20;/h4-9,19H,10-11H2,1-3H3,(H2,18,20);1H. The van der Waals surface area contributed by atoms with Crippen LogP contribution in [-0.2, 0) is 11.3 Å². The van der Waals surface area contributed by atoms with Gasteiger partial charge in [-0.25, -0.2) is 0 Å². The van der Waals surface area contributed by atoms with E-state index in [0.29, 0.717) is 12.3 Å². The first-order chi connectivity index (χ1) is 9.87. The minimum absolute atomic E-state index is 0. The molecule has 2 aromatic rings. The van der Waals surface area contributed by atoms with Crippen LogP contribution in [0.5, 0.6) is 5.75 Å². The molecular formula is C17H23ClN2O2. The lowest BCUT2D eigenvalue weighted by molar-refractivity contribution is -0.119. The van der Waals surface area contributed by atoms with E-state index in [1.165, 1.54) is 0 Å². The van der Waals surface area contributed by atoms with Gasteiger partial charge in [-0.05, 0) is 37.6 Å². The number of fused-ring (bicyclic) bond motifs is 1. The Morgan fingerprint density at radius 1 is 1.18 bits per heavy atom. The quantitative estimate of drug-likeness (QED) is 0.889. The SMILES string of the molecule is CC(C)(C)NCc1c(OCC(N)=O)ccc2ccccc12.Cl. The smallest absolute Gasteiger partial charge is 0.255 e. The third-order valence-electron chi connectivity index (χ3n) is 3.16. The van der Waals surface area contributed by atoms with Gasteiger partial charge in [-0.3, -0.25) is 4.79 Å². The molecule has 0 saturated heterocycles. The zero-order chi connectivity index (χ0) is 15.5. The van der Waals surface area contributed by atoms with Crippen LogP contribution < -0.4 is 15.8 Å². The molecule has 0 radical (unpaired) electrons. The summed E-state index contributed by atoms with van der Waals surface area (Å²) in [5.41, 5.74) is 6.21. The van der Waals surface area contributed by atoms with Crippen LogP contribution in [0.1, 0.15) is 26.3 Å². The fourth-order valence-corrected chi connectivity index (χ4v) is 2.14. The fourth-order valence-electron chi connectivity index (χ4n) is 2.14. The van der Waals surface area contributed by atoms with E-state index >= 15 is 0 Å². The van der Waals surface area contributed by atoms with Gasteiger partial charge in [0.15, 0.2) is 6.61 Å². The second-order valence-corrected chi connectivity index (χ2v) is 6.12. The van der Waals surface area contributed by atoms with Gasteiger partial charge in [0.2, 0.25) is 0 Å². The van der Waals surface area contributed by atoms with E-state index in [1.807, 2.05) is 24.3 Å². The predicted molar refractivity (Wildman–Crippen MR) is 92.5 cm³/mol. The molecule has 0 aliphatic heterocycles. The summed E-state index contributed by atoms with van der Waals surface area (Å²) in [6.45, 7) is 6.89. The normalized spacial score (nSPS) is 11.0. The van der Waals surface area contributed by atoms with Gasteiger partial charge < -0.3 is 15.8 Å². The van der Waals surface area contributed by atoms with Crippen molar-refractivity contribution >= 4 is 29.1 Å². The third kappa shape index (κ3) is 4.90. The summed E-state index contributed by atoms with van der Waals surface area (Å²) < 4.78 is 5.56. The second-order valence-electron chi connectivity index (χ2n) is 6.12. The van der Waals surface area contributed by atoms with E-state index < -0.39 is 5.91 Å². The van der Waals surface area contributed by atoms with Gasteiger partial charge in [0.1, 0.15) is 5.75 Å². The first kappa shape index (κ1) is 18.3. The van der Waals surface area contributed by atoms with E-state index in [-0.39, 0.29) is 24.6 Å². The highest BCUT2D eigenvalue weighted by Gasteiger charge is 2.14. The lowest BCUT2D eigenvalue weighted by atomic mass is 10.0. The van der Waals surface area contributed by atoms with Crippen molar-refractivity contribution in [2.24, 2.45) is 5.73 Å². The topological polar surface area (TPSA) is 64.3 Å². The van der Waals surface area contributed by atoms with E-state index in [2.05, 4.69) is 38.2 Å². The molecule has 5 heteroatoms. The molecule has 2 rings (SSSR count). The van der Waals surface area contributed by atoms with Crippen LogP contribution in [0.4, 0.5) is 0 Å². The molecule has 2 aromatic carbocycles. The molecule has 0 aliphatic rings.